The fraction of sp³-hybridized carbons (Fsp3) is 0.692. The second kappa shape index (κ2) is 6.18. The summed E-state index contributed by atoms with van der Waals surface area (Å²) < 4.78 is 5.09. The smallest absolute Gasteiger partial charge is 0.317 e. The maximum absolute atomic E-state index is 11.9. The summed E-state index contributed by atoms with van der Waals surface area (Å²) in [5.74, 6) is -0.222. The number of anilines is 1. The standard InChI is InChI=1S/C13H22N2O2S/c1-6-8-15(5)12-14-10(9-18-12)13(3,4)11(16)17-7-2/h9H,6-8H2,1-5H3. The fourth-order valence-electron chi connectivity index (χ4n) is 1.57. The molecule has 1 rings (SSSR count). The summed E-state index contributed by atoms with van der Waals surface area (Å²) in [6, 6.07) is 0. The van der Waals surface area contributed by atoms with E-state index in [1.807, 2.05) is 33.2 Å². The number of ether oxygens (including phenoxy) is 1. The van der Waals surface area contributed by atoms with Gasteiger partial charge in [0.25, 0.3) is 0 Å². The van der Waals surface area contributed by atoms with E-state index >= 15 is 0 Å². The Bertz CT molecular complexity index is 401. The van der Waals surface area contributed by atoms with Gasteiger partial charge in [0.1, 0.15) is 5.41 Å². The molecular formula is C13H22N2O2S. The van der Waals surface area contributed by atoms with Gasteiger partial charge in [-0.05, 0) is 27.2 Å². The number of nitrogens with zero attached hydrogens (tertiary/aromatic N) is 2. The molecule has 0 saturated carbocycles. The van der Waals surface area contributed by atoms with Gasteiger partial charge in [-0.1, -0.05) is 6.92 Å². The molecule has 0 aliphatic rings. The largest absolute Gasteiger partial charge is 0.465 e. The summed E-state index contributed by atoms with van der Waals surface area (Å²) in [7, 11) is 2.02. The van der Waals surface area contributed by atoms with E-state index in [0.29, 0.717) is 6.61 Å². The molecule has 0 amide bonds. The predicted octanol–water partition coefficient (Wildman–Crippen LogP) is 2.83. The summed E-state index contributed by atoms with van der Waals surface area (Å²) in [6.07, 6.45) is 1.08. The lowest BCUT2D eigenvalue weighted by Gasteiger charge is -2.20. The van der Waals surface area contributed by atoms with Gasteiger partial charge in [0.2, 0.25) is 0 Å². The Labute approximate surface area is 113 Å². The molecule has 102 valence electrons. The van der Waals surface area contributed by atoms with Crippen LogP contribution in [0.3, 0.4) is 0 Å². The van der Waals surface area contributed by atoms with Crippen molar-refractivity contribution in [3.63, 3.8) is 0 Å². The molecule has 0 radical (unpaired) electrons. The highest BCUT2D eigenvalue weighted by atomic mass is 32.1. The quantitative estimate of drug-likeness (QED) is 0.745. The lowest BCUT2D eigenvalue weighted by atomic mass is 9.90. The van der Waals surface area contributed by atoms with Crippen molar-refractivity contribution in [2.45, 2.75) is 39.5 Å². The Kier molecular flexibility index (Phi) is 5.14. The number of rotatable bonds is 6. The molecular weight excluding hydrogens is 248 g/mol. The number of thiazole rings is 1. The van der Waals surface area contributed by atoms with E-state index in [4.69, 9.17) is 4.74 Å². The zero-order valence-electron chi connectivity index (χ0n) is 11.8. The van der Waals surface area contributed by atoms with Crippen LogP contribution in [0, 0.1) is 0 Å². The SMILES string of the molecule is CCCN(C)c1nc(C(C)(C)C(=O)OCC)cs1. The zero-order chi connectivity index (χ0) is 13.8. The van der Waals surface area contributed by atoms with Crippen LogP contribution in [0.2, 0.25) is 0 Å². The Morgan fingerprint density at radius 1 is 1.50 bits per heavy atom. The van der Waals surface area contributed by atoms with Crippen LogP contribution in [0.25, 0.3) is 0 Å². The number of carbonyl (C=O) groups excluding carboxylic acids is 1. The van der Waals surface area contributed by atoms with E-state index in [9.17, 15) is 4.79 Å². The highest BCUT2D eigenvalue weighted by Crippen LogP contribution is 2.29. The average molecular weight is 270 g/mol. The van der Waals surface area contributed by atoms with Crippen molar-refractivity contribution in [1.29, 1.82) is 0 Å². The van der Waals surface area contributed by atoms with Crippen LogP contribution in [0.4, 0.5) is 5.13 Å². The molecule has 0 bridgehead atoms. The summed E-state index contributed by atoms with van der Waals surface area (Å²) in [5, 5.41) is 2.89. The molecule has 0 aliphatic carbocycles. The van der Waals surface area contributed by atoms with Gasteiger partial charge in [0, 0.05) is 19.0 Å². The minimum Gasteiger partial charge on any atom is -0.465 e. The second-order valence-electron chi connectivity index (χ2n) is 4.78. The molecule has 0 saturated heterocycles. The maximum Gasteiger partial charge on any atom is 0.317 e. The van der Waals surface area contributed by atoms with Gasteiger partial charge in [-0.2, -0.15) is 0 Å². The van der Waals surface area contributed by atoms with Gasteiger partial charge in [-0.15, -0.1) is 11.3 Å². The van der Waals surface area contributed by atoms with Gasteiger partial charge in [0.05, 0.1) is 12.3 Å². The molecule has 1 aromatic heterocycles. The maximum atomic E-state index is 11.9. The predicted molar refractivity (Wildman–Crippen MR) is 75.3 cm³/mol. The lowest BCUT2D eigenvalue weighted by Crippen LogP contribution is -2.31. The van der Waals surface area contributed by atoms with Crippen molar-refractivity contribution < 1.29 is 9.53 Å². The van der Waals surface area contributed by atoms with Gasteiger partial charge in [-0.3, -0.25) is 4.79 Å². The van der Waals surface area contributed by atoms with Crippen molar-refractivity contribution in [1.82, 2.24) is 4.98 Å². The average Bonchev–Trinajstić information content (AvgIpc) is 2.79. The minimum atomic E-state index is -0.683. The number of carbonyl (C=O) groups is 1. The number of aromatic nitrogens is 1. The number of esters is 1. The normalized spacial score (nSPS) is 11.4. The molecule has 0 aliphatic heterocycles. The Morgan fingerprint density at radius 3 is 2.72 bits per heavy atom. The van der Waals surface area contributed by atoms with Crippen molar-refractivity contribution in [2.24, 2.45) is 0 Å². The zero-order valence-corrected chi connectivity index (χ0v) is 12.6. The molecule has 1 aromatic rings. The first-order valence-electron chi connectivity index (χ1n) is 6.27. The summed E-state index contributed by atoms with van der Waals surface area (Å²) in [6.45, 7) is 9.01. The van der Waals surface area contributed by atoms with E-state index in [2.05, 4.69) is 16.8 Å². The molecule has 5 heteroatoms. The van der Waals surface area contributed by atoms with Crippen LogP contribution in [0.15, 0.2) is 5.38 Å². The van der Waals surface area contributed by atoms with Gasteiger partial charge in [0.15, 0.2) is 5.13 Å². The third-order valence-electron chi connectivity index (χ3n) is 2.80. The van der Waals surface area contributed by atoms with Crippen LogP contribution in [0.1, 0.15) is 39.8 Å². The van der Waals surface area contributed by atoms with Gasteiger partial charge in [-0.25, -0.2) is 4.98 Å². The topological polar surface area (TPSA) is 42.4 Å². The van der Waals surface area contributed by atoms with Crippen molar-refractivity contribution >= 4 is 22.4 Å². The summed E-state index contributed by atoms with van der Waals surface area (Å²) in [4.78, 5) is 18.6. The molecule has 1 heterocycles. The van der Waals surface area contributed by atoms with E-state index < -0.39 is 5.41 Å². The molecule has 18 heavy (non-hydrogen) atoms. The molecule has 0 spiro atoms. The first-order chi connectivity index (χ1) is 8.43. The molecule has 4 nitrogen and oxygen atoms in total. The van der Waals surface area contributed by atoms with Crippen molar-refractivity contribution in [3.05, 3.63) is 11.1 Å². The first-order valence-corrected chi connectivity index (χ1v) is 7.15. The molecule has 0 aromatic carbocycles. The number of hydrogen-bond acceptors (Lipinski definition) is 5. The third-order valence-corrected chi connectivity index (χ3v) is 3.76. The van der Waals surface area contributed by atoms with Crippen molar-refractivity contribution in [2.75, 3.05) is 25.1 Å². The Balaban J connectivity index is 2.87. The summed E-state index contributed by atoms with van der Waals surface area (Å²) in [5.41, 5.74) is 0.0987. The van der Waals surface area contributed by atoms with Crippen LogP contribution in [0.5, 0.6) is 0 Å². The van der Waals surface area contributed by atoms with Crippen molar-refractivity contribution in [3.8, 4) is 0 Å². The molecule has 0 atom stereocenters. The highest BCUT2D eigenvalue weighted by Gasteiger charge is 2.34. The van der Waals surface area contributed by atoms with Crippen LogP contribution >= 0.6 is 11.3 Å². The monoisotopic (exact) mass is 270 g/mol. The van der Waals surface area contributed by atoms with E-state index in [1.54, 1.807) is 11.3 Å². The van der Waals surface area contributed by atoms with E-state index in [0.717, 1.165) is 23.8 Å². The Hall–Kier alpha value is -1.10. The van der Waals surface area contributed by atoms with Crippen LogP contribution in [-0.2, 0) is 14.9 Å². The highest BCUT2D eigenvalue weighted by molar-refractivity contribution is 7.13. The van der Waals surface area contributed by atoms with Crippen LogP contribution < -0.4 is 4.90 Å². The third kappa shape index (κ3) is 3.22. The number of hydrogen-bond donors (Lipinski definition) is 0. The van der Waals surface area contributed by atoms with E-state index in [-0.39, 0.29) is 5.97 Å². The summed E-state index contributed by atoms with van der Waals surface area (Å²) >= 11 is 1.57. The van der Waals surface area contributed by atoms with Gasteiger partial charge >= 0.3 is 5.97 Å². The fourth-order valence-corrected chi connectivity index (χ4v) is 2.56. The van der Waals surface area contributed by atoms with E-state index in [1.165, 1.54) is 0 Å². The minimum absolute atomic E-state index is 0.222. The lowest BCUT2D eigenvalue weighted by molar-refractivity contribution is -0.148. The molecule has 0 fully saturated rings. The first kappa shape index (κ1) is 15.0. The molecule has 0 unspecified atom stereocenters. The van der Waals surface area contributed by atoms with Gasteiger partial charge < -0.3 is 9.64 Å². The molecule has 0 N–H and O–H groups in total. The van der Waals surface area contributed by atoms with Crippen LogP contribution in [-0.4, -0.2) is 31.2 Å². The Morgan fingerprint density at radius 2 is 2.17 bits per heavy atom. The second-order valence-corrected chi connectivity index (χ2v) is 5.62.